The van der Waals surface area contributed by atoms with Crippen molar-refractivity contribution in [2.24, 2.45) is 5.92 Å². The van der Waals surface area contributed by atoms with Crippen molar-refractivity contribution < 1.29 is 14.7 Å². The second-order valence-corrected chi connectivity index (χ2v) is 5.50. The van der Waals surface area contributed by atoms with Crippen LogP contribution in [0.15, 0.2) is 30.3 Å². The molecule has 0 heterocycles. The van der Waals surface area contributed by atoms with Crippen molar-refractivity contribution in [2.45, 2.75) is 39.0 Å². The van der Waals surface area contributed by atoms with E-state index in [1.54, 1.807) is 31.2 Å². The molecule has 0 saturated carbocycles. The summed E-state index contributed by atoms with van der Waals surface area (Å²) in [7, 11) is 0. The molecule has 0 aliphatic heterocycles. The Kier molecular flexibility index (Phi) is 5.74. The SMILES string of the molecule is CCC(C)CNC(=O)CC(C)(C(=O)O)c1ccccc1. The maximum atomic E-state index is 12.0. The molecule has 4 heteroatoms. The van der Waals surface area contributed by atoms with E-state index in [1.807, 2.05) is 13.0 Å². The van der Waals surface area contributed by atoms with Gasteiger partial charge in [-0.1, -0.05) is 50.6 Å². The number of carbonyl (C=O) groups excluding carboxylic acids is 1. The molecule has 2 N–H and O–H groups in total. The fourth-order valence-corrected chi connectivity index (χ4v) is 1.92. The van der Waals surface area contributed by atoms with Crippen LogP contribution in [0.2, 0.25) is 0 Å². The monoisotopic (exact) mass is 277 g/mol. The molecule has 1 aromatic rings. The number of hydrogen-bond donors (Lipinski definition) is 2. The van der Waals surface area contributed by atoms with E-state index < -0.39 is 11.4 Å². The largest absolute Gasteiger partial charge is 0.481 e. The van der Waals surface area contributed by atoms with Crippen molar-refractivity contribution in [1.82, 2.24) is 5.32 Å². The molecular formula is C16H23NO3. The van der Waals surface area contributed by atoms with E-state index in [1.165, 1.54) is 0 Å². The molecule has 20 heavy (non-hydrogen) atoms. The van der Waals surface area contributed by atoms with Gasteiger partial charge < -0.3 is 10.4 Å². The molecule has 0 fully saturated rings. The average molecular weight is 277 g/mol. The van der Waals surface area contributed by atoms with Gasteiger partial charge in [0.25, 0.3) is 0 Å². The molecule has 110 valence electrons. The van der Waals surface area contributed by atoms with Crippen LogP contribution < -0.4 is 5.32 Å². The van der Waals surface area contributed by atoms with E-state index in [2.05, 4.69) is 12.2 Å². The summed E-state index contributed by atoms with van der Waals surface area (Å²) in [6, 6.07) is 8.89. The third-order valence-electron chi connectivity index (χ3n) is 3.74. The van der Waals surface area contributed by atoms with Crippen molar-refractivity contribution in [2.75, 3.05) is 6.54 Å². The Bertz CT molecular complexity index is 458. The zero-order valence-electron chi connectivity index (χ0n) is 12.3. The first-order valence-electron chi connectivity index (χ1n) is 6.95. The number of carboxylic acid groups (broad SMARTS) is 1. The summed E-state index contributed by atoms with van der Waals surface area (Å²) in [4.78, 5) is 23.6. The number of aliphatic carboxylic acids is 1. The highest BCUT2D eigenvalue weighted by Crippen LogP contribution is 2.27. The van der Waals surface area contributed by atoms with Gasteiger partial charge in [0.1, 0.15) is 0 Å². The number of carboxylic acids is 1. The summed E-state index contributed by atoms with van der Waals surface area (Å²) < 4.78 is 0. The zero-order valence-corrected chi connectivity index (χ0v) is 12.3. The van der Waals surface area contributed by atoms with Gasteiger partial charge in [0.2, 0.25) is 5.91 Å². The molecule has 0 aromatic heterocycles. The molecule has 4 nitrogen and oxygen atoms in total. The van der Waals surface area contributed by atoms with Gasteiger partial charge in [0.05, 0.1) is 5.41 Å². The predicted octanol–water partition coefficient (Wildman–Crippen LogP) is 2.58. The van der Waals surface area contributed by atoms with Gasteiger partial charge in [0.15, 0.2) is 0 Å². The second kappa shape index (κ2) is 7.08. The molecule has 2 unspecified atom stereocenters. The number of nitrogens with one attached hydrogen (secondary N) is 1. The molecule has 1 aromatic carbocycles. The summed E-state index contributed by atoms with van der Waals surface area (Å²) in [6.45, 7) is 6.28. The minimum atomic E-state index is -1.19. The Labute approximate surface area is 120 Å². The lowest BCUT2D eigenvalue weighted by Gasteiger charge is -2.25. The highest BCUT2D eigenvalue weighted by molar-refractivity contribution is 5.89. The second-order valence-electron chi connectivity index (χ2n) is 5.50. The number of benzene rings is 1. The average Bonchev–Trinajstić information content (AvgIpc) is 2.45. The Morgan fingerprint density at radius 2 is 1.90 bits per heavy atom. The number of carbonyl (C=O) groups is 2. The maximum absolute atomic E-state index is 12.0. The first kappa shape index (κ1) is 16.2. The minimum Gasteiger partial charge on any atom is -0.481 e. The molecular weight excluding hydrogens is 254 g/mol. The molecule has 1 amide bonds. The van der Waals surface area contributed by atoms with Crippen LogP contribution in [0.1, 0.15) is 39.2 Å². The van der Waals surface area contributed by atoms with E-state index in [-0.39, 0.29) is 12.3 Å². The zero-order chi connectivity index (χ0) is 15.2. The van der Waals surface area contributed by atoms with Crippen LogP contribution in [0.5, 0.6) is 0 Å². The molecule has 0 aliphatic rings. The molecule has 0 radical (unpaired) electrons. The quantitative estimate of drug-likeness (QED) is 0.805. The van der Waals surface area contributed by atoms with Gasteiger partial charge in [-0.15, -0.1) is 0 Å². The smallest absolute Gasteiger partial charge is 0.314 e. The summed E-state index contributed by atoms with van der Waals surface area (Å²) in [6.07, 6.45) is 0.929. The third-order valence-corrected chi connectivity index (χ3v) is 3.74. The van der Waals surface area contributed by atoms with E-state index in [0.717, 1.165) is 6.42 Å². The summed E-state index contributed by atoms with van der Waals surface area (Å²) >= 11 is 0. The summed E-state index contributed by atoms with van der Waals surface area (Å²) in [5.41, 5.74) is -0.549. The maximum Gasteiger partial charge on any atom is 0.314 e. The van der Waals surface area contributed by atoms with Crippen LogP contribution >= 0.6 is 0 Å². The fourth-order valence-electron chi connectivity index (χ4n) is 1.92. The molecule has 2 atom stereocenters. The van der Waals surface area contributed by atoms with Crippen LogP contribution in [0.3, 0.4) is 0 Å². The van der Waals surface area contributed by atoms with Crippen molar-refractivity contribution in [3.63, 3.8) is 0 Å². The normalized spacial score (nSPS) is 15.2. The van der Waals surface area contributed by atoms with Crippen LogP contribution in [0, 0.1) is 5.92 Å². The lowest BCUT2D eigenvalue weighted by atomic mass is 9.79. The summed E-state index contributed by atoms with van der Waals surface area (Å²) in [5.74, 6) is -0.812. The first-order chi connectivity index (χ1) is 9.40. The number of amides is 1. The van der Waals surface area contributed by atoms with Gasteiger partial charge in [-0.3, -0.25) is 9.59 Å². The molecule has 1 rings (SSSR count). The van der Waals surface area contributed by atoms with Gasteiger partial charge in [-0.25, -0.2) is 0 Å². The molecule has 0 bridgehead atoms. The van der Waals surface area contributed by atoms with Crippen LogP contribution in [0.4, 0.5) is 0 Å². The van der Waals surface area contributed by atoms with Crippen LogP contribution in [-0.4, -0.2) is 23.5 Å². The van der Waals surface area contributed by atoms with Crippen LogP contribution in [-0.2, 0) is 15.0 Å². The van der Waals surface area contributed by atoms with E-state index in [0.29, 0.717) is 18.0 Å². The van der Waals surface area contributed by atoms with E-state index >= 15 is 0 Å². The highest BCUT2D eigenvalue weighted by Gasteiger charge is 2.37. The van der Waals surface area contributed by atoms with Gasteiger partial charge in [-0.05, 0) is 18.4 Å². The van der Waals surface area contributed by atoms with Gasteiger partial charge >= 0.3 is 5.97 Å². The fraction of sp³-hybridized carbons (Fsp3) is 0.500. The number of hydrogen-bond acceptors (Lipinski definition) is 2. The summed E-state index contributed by atoms with van der Waals surface area (Å²) in [5, 5.41) is 12.3. The van der Waals surface area contributed by atoms with Crippen molar-refractivity contribution in [1.29, 1.82) is 0 Å². The number of rotatable bonds is 7. The first-order valence-corrected chi connectivity index (χ1v) is 6.95. The van der Waals surface area contributed by atoms with Gasteiger partial charge in [-0.2, -0.15) is 0 Å². The molecule has 0 saturated heterocycles. The van der Waals surface area contributed by atoms with E-state index in [9.17, 15) is 14.7 Å². The Morgan fingerprint density at radius 1 is 1.30 bits per heavy atom. The molecule has 0 spiro atoms. The van der Waals surface area contributed by atoms with Crippen LogP contribution in [0.25, 0.3) is 0 Å². The Balaban J connectivity index is 2.78. The lowest BCUT2D eigenvalue weighted by Crippen LogP contribution is -2.39. The van der Waals surface area contributed by atoms with E-state index in [4.69, 9.17) is 0 Å². The van der Waals surface area contributed by atoms with Crippen molar-refractivity contribution in [3.05, 3.63) is 35.9 Å². The highest BCUT2D eigenvalue weighted by atomic mass is 16.4. The van der Waals surface area contributed by atoms with Crippen molar-refractivity contribution in [3.8, 4) is 0 Å². The van der Waals surface area contributed by atoms with Crippen molar-refractivity contribution >= 4 is 11.9 Å². The predicted molar refractivity (Wildman–Crippen MR) is 78.5 cm³/mol. The Morgan fingerprint density at radius 3 is 2.40 bits per heavy atom. The van der Waals surface area contributed by atoms with Gasteiger partial charge in [0, 0.05) is 13.0 Å². The Hall–Kier alpha value is -1.84. The third kappa shape index (κ3) is 4.08. The topological polar surface area (TPSA) is 66.4 Å². The minimum absolute atomic E-state index is 0.0528. The lowest BCUT2D eigenvalue weighted by molar-refractivity contribution is -0.145. The molecule has 0 aliphatic carbocycles. The standard InChI is InChI=1S/C16H23NO3/c1-4-12(2)11-17-14(18)10-16(3,15(19)20)13-8-6-5-7-9-13/h5-9,12H,4,10-11H2,1-3H3,(H,17,18)(H,19,20).